The van der Waals surface area contributed by atoms with E-state index in [9.17, 15) is 4.79 Å². The van der Waals surface area contributed by atoms with E-state index >= 15 is 0 Å². The van der Waals surface area contributed by atoms with Crippen molar-refractivity contribution in [1.29, 1.82) is 0 Å². The van der Waals surface area contributed by atoms with Crippen molar-refractivity contribution in [3.63, 3.8) is 0 Å². The molecule has 3 unspecified atom stereocenters. The third-order valence-corrected chi connectivity index (χ3v) is 5.93. The van der Waals surface area contributed by atoms with Gasteiger partial charge in [-0.3, -0.25) is 4.79 Å². The van der Waals surface area contributed by atoms with E-state index < -0.39 is 5.79 Å². The van der Waals surface area contributed by atoms with Crippen LogP contribution < -0.4 is 9.64 Å². The summed E-state index contributed by atoms with van der Waals surface area (Å²) in [6.07, 6.45) is 6.33. The predicted molar refractivity (Wildman–Crippen MR) is 94.7 cm³/mol. The van der Waals surface area contributed by atoms with Crippen molar-refractivity contribution in [2.24, 2.45) is 5.92 Å². The molecule has 1 amide bonds. The molecular weight excluding hydrogens is 318 g/mol. The molecule has 0 N–H and O–H groups in total. The molecule has 2 saturated heterocycles. The number of hydrogen-bond donors (Lipinski definition) is 0. The number of amides is 1. The van der Waals surface area contributed by atoms with Crippen molar-refractivity contribution in [2.75, 3.05) is 18.6 Å². The number of anilines is 1. The molecule has 25 heavy (non-hydrogen) atoms. The Morgan fingerprint density at radius 1 is 1.20 bits per heavy atom. The minimum Gasteiger partial charge on any atom is -0.497 e. The Labute approximate surface area is 149 Å². The molecule has 4 rings (SSSR count). The molecule has 1 saturated carbocycles. The fourth-order valence-corrected chi connectivity index (χ4v) is 4.55. The Morgan fingerprint density at radius 2 is 1.92 bits per heavy atom. The highest BCUT2D eigenvalue weighted by Gasteiger charge is 2.55. The second-order valence-corrected chi connectivity index (χ2v) is 7.35. The van der Waals surface area contributed by atoms with E-state index in [2.05, 4.69) is 6.92 Å². The molecule has 2 heterocycles. The first-order valence-electron chi connectivity index (χ1n) is 9.46. The molecule has 0 bridgehead atoms. The maximum absolute atomic E-state index is 12.7. The van der Waals surface area contributed by atoms with Gasteiger partial charge < -0.3 is 19.1 Å². The number of methoxy groups -OCH3 is 1. The molecule has 0 aromatic heterocycles. The number of carbonyl (C=O) groups excluding carboxylic acids is 1. The molecule has 3 atom stereocenters. The monoisotopic (exact) mass is 345 g/mol. The van der Waals surface area contributed by atoms with Gasteiger partial charge in [0.15, 0.2) is 5.79 Å². The van der Waals surface area contributed by atoms with Crippen molar-refractivity contribution in [1.82, 2.24) is 0 Å². The zero-order valence-corrected chi connectivity index (χ0v) is 15.1. The summed E-state index contributed by atoms with van der Waals surface area (Å²) >= 11 is 0. The Balaban J connectivity index is 1.54. The van der Waals surface area contributed by atoms with Crippen LogP contribution in [0.1, 0.15) is 45.4 Å². The van der Waals surface area contributed by atoms with Gasteiger partial charge in [-0.15, -0.1) is 0 Å². The van der Waals surface area contributed by atoms with E-state index in [1.807, 2.05) is 29.2 Å². The zero-order chi connectivity index (χ0) is 17.4. The van der Waals surface area contributed by atoms with Crippen molar-refractivity contribution in [3.8, 4) is 5.75 Å². The molecule has 3 aliphatic rings. The molecule has 5 nitrogen and oxygen atoms in total. The summed E-state index contributed by atoms with van der Waals surface area (Å²) in [5.74, 6) is 0.605. The van der Waals surface area contributed by atoms with Crippen molar-refractivity contribution in [2.45, 2.75) is 63.4 Å². The first-order chi connectivity index (χ1) is 12.2. The van der Waals surface area contributed by atoms with Gasteiger partial charge in [-0.05, 0) is 43.5 Å². The van der Waals surface area contributed by atoms with Crippen LogP contribution in [0, 0.1) is 5.92 Å². The Bertz CT molecular complexity index is 623. The van der Waals surface area contributed by atoms with Gasteiger partial charge >= 0.3 is 0 Å². The molecule has 5 heteroatoms. The summed E-state index contributed by atoms with van der Waals surface area (Å²) in [5.41, 5.74) is 0.911. The molecule has 1 aliphatic carbocycles. The van der Waals surface area contributed by atoms with Gasteiger partial charge in [0.05, 0.1) is 25.7 Å². The molecular formula is C20H27NO4. The molecule has 136 valence electrons. The van der Waals surface area contributed by atoms with E-state index in [-0.39, 0.29) is 24.0 Å². The number of hydrogen-bond acceptors (Lipinski definition) is 4. The molecule has 2 aliphatic heterocycles. The minimum atomic E-state index is -0.397. The third kappa shape index (κ3) is 2.83. The quantitative estimate of drug-likeness (QED) is 0.784. The largest absolute Gasteiger partial charge is 0.497 e. The fourth-order valence-electron chi connectivity index (χ4n) is 4.55. The van der Waals surface area contributed by atoms with Crippen LogP contribution in [0.5, 0.6) is 5.75 Å². The van der Waals surface area contributed by atoms with Crippen LogP contribution in [-0.2, 0) is 14.3 Å². The maximum Gasteiger partial charge on any atom is 0.232 e. The lowest BCUT2D eigenvalue weighted by atomic mass is 9.81. The van der Waals surface area contributed by atoms with Crippen LogP contribution in [0.25, 0.3) is 0 Å². The highest BCUT2D eigenvalue weighted by atomic mass is 16.7. The summed E-state index contributed by atoms with van der Waals surface area (Å²) < 4.78 is 17.8. The highest BCUT2D eigenvalue weighted by molar-refractivity contribution is 6.03. The SMILES string of the molecule is CCC1C(=O)N(c2ccc(OC)cc2)C1C1COC2(CCCCC2)O1. The average Bonchev–Trinajstić information content (AvgIpc) is 3.03. The second kappa shape index (κ2) is 6.61. The van der Waals surface area contributed by atoms with Crippen LogP contribution >= 0.6 is 0 Å². The summed E-state index contributed by atoms with van der Waals surface area (Å²) in [4.78, 5) is 14.6. The summed E-state index contributed by atoms with van der Waals surface area (Å²) in [6.45, 7) is 2.66. The van der Waals surface area contributed by atoms with Crippen molar-refractivity contribution >= 4 is 11.6 Å². The van der Waals surface area contributed by atoms with E-state index in [4.69, 9.17) is 14.2 Å². The number of β-lactam (4-membered cyclic amide) rings is 1. The summed E-state index contributed by atoms with van der Waals surface area (Å²) in [7, 11) is 1.65. The van der Waals surface area contributed by atoms with E-state index in [0.29, 0.717) is 6.61 Å². The standard InChI is InChI=1S/C20H27NO4/c1-3-16-18(17-13-24-20(25-17)11-5-4-6-12-20)21(19(16)22)14-7-9-15(23-2)10-8-14/h7-10,16-18H,3-6,11-13H2,1-2H3. The summed E-state index contributed by atoms with van der Waals surface area (Å²) in [5, 5.41) is 0. The van der Waals surface area contributed by atoms with E-state index in [1.165, 1.54) is 6.42 Å². The van der Waals surface area contributed by atoms with Crippen molar-refractivity contribution in [3.05, 3.63) is 24.3 Å². The molecule has 1 spiro atoms. The molecule has 1 aromatic rings. The number of nitrogens with zero attached hydrogens (tertiary/aromatic N) is 1. The van der Waals surface area contributed by atoms with Gasteiger partial charge in [-0.25, -0.2) is 0 Å². The lowest BCUT2D eigenvalue weighted by molar-refractivity contribution is -0.192. The number of benzene rings is 1. The van der Waals surface area contributed by atoms with Crippen LogP contribution in [0.3, 0.4) is 0 Å². The lowest BCUT2D eigenvalue weighted by Gasteiger charge is -2.49. The number of carbonyl (C=O) groups is 1. The highest BCUT2D eigenvalue weighted by Crippen LogP contribution is 2.44. The molecule has 0 radical (unpaired) electrons. The minimum absolute atomic E-state index is 0.0226. The lowest BCUT2D eigenvalue weighted by Crippen LogP contribution is -2.66. The first kappa shape index (κ1) is 16.9. The van der Waals surface area contributed by atoms with Gasteiger partial charge in [-0.1, -0.05) is 13.3 Å². The molecule has 1 aromatic carbocycles. The average molecular weight is 345 g/mol. The number of rotatable bonds is 4. The van der Waals surface area contributed by atoms with Gasteiger partial charge in [0.1, 0.15) is 11.9 Å². The van der Waals surface area contributed by atoms with Crippen LogP contribution in [0.4, 0.5) is 5.69 Å². The van der Waals surface area contributed by atoms with Gasteiger partial charge in [0, 0.05) is 18.5 Å². The van der Waals surface area contributed by atoms with Crippen LogP contribution in [0.15, 0.2) is 24.3 Å². The molecule has 3 fully saturated rings. The zero-order valence-electron chi connectivity index (χ0n) is 15.1. The third-order valence-electron chi connectivity index (χ3n) is 5.93. The normalized spacial score (nSPS) is 31.2. The Hall–Kier alpha value is -1.59. The van der Waals surface area contributed by atoms with Gasteiger partial charge in [0.2, 0.25) is 5.91 Å². The topological polar surface area (TPSA) is 48.0 Å². The second-order valence-electron chi connectivity index (χ2n) is 7.35. The maximum atomic E-state index is 12.7. The fraction of sp³-hybridized carbons (Fsp3) is 0.650. The van der Waals surface area contributed by atoms with Crippen LogP contribution in [0.2, 0.25) is 0 Å². The van der Waals surface area contributed by atoms with Gasteiger partial charge in [-0.2, -0.15) is 0 Å². The Morgan fingerprint density at radius 3 is 2.56 bits per heavy atom. The van der Waals surface area contributed by atoms with E-state index in [1.54, 1.807) is 7.11 Å². The summed E-state index contributed by atoms with van der Waals surface area (Å²) in [6, 6.07) is 7.75. The predicted octanol–water partition coefficient (Wildman–Crippen LogP) is 3.51. The Kier molecular flexibility index (Phi) is 4.46. The van der Waals surface area contributed by atoms with Crippen molar-refractivity contribution < 1.29 is 19.0 Å². The van der Waals surface area contributed by atoms with Gasteiger partial charge in [0.25, 0.3) is 0 Å². The smallest absolute Gasteiger partial charge is 0.232 e. The van der Waals surface area contributed by atoms with E-state index in [0.717, 1.165) is 43.5 Å². The first-order valence-corrected chi connectivity index (χ1v) is 9.46. The van der Waals surface area contributed by atoms with Crippen LogP contribution in [-0.4, -0.2) is 37.6 Å². The number of ether oxygens (including phenoxy) is 3.